The summed E-state index contributed by atoms with van der Waals surface area (Å²) < 4.78 is 12.9. The highest BCUT2D eigenvalue weighted by Crippen LogP contribution is 2.25. The van der Waals surface area contributed by atoms with Crippen molar-refractivity contribution in [2.75, 3.05) is 13.1 Å². The molecule has 0 bridgehead atoms. The van der Waals surface area contributed by atoms with Crippen LogP contribution in [0.15, 0.2) is 24.3 Å². The van der Waals surface area contributed by atoms with Crippen LogP contribution in [-0.4, -0.2) is 29.8 Å². The van der Waals surface area contributed by atoms with Crippen molar-refractivity contribution in [3.8, 4) is 0 Å². The summed E-state index contributed by atoms with van der Waals surface area (Å²) in [5, 5.41) is 3.01. The van der Waals surface area contributed by atoms with E-state index in [9.17, 15) is 14.0 Å². The summed E-state index contributed by atoms with van der Waals surface area (Å²) in [6.07, 6.45) is 4.75. The number of carbonyl (C=O) groups is 2. The molecule has 1 N–H and O–H groups in total. The van der Waals surface area contributed by atoms with E-state index in [1.54, 1.807) is 17.0 Å². The minimum Gasteiger partial charge on any atom is -0.356 e. The van der Waals surface area contributed by atoms with Crippen molar-refractivity contribution in [1.82, 2.24) is 10.2 Å². The Morgan fingerprint density at radius 2 is 1.91 bits per heavy atom. The van der Waals surface area contributed by atoms with Crippen molar-refractivity contribution in [2.24, 2.45) is 11.8 Å². The lowest BCUT2D eigenvalue weighted by atomic mass is 10.1. The molecule has 23 heavy (non-hydrogen) atoms. The molecular formula is C18H23FN2O2. The van der Waals surface area contributed by atoms with Gasteiger partial charge in [0, 0.05) is 37.9 Å². The summed E-state index contributed by atoms with van der Waals surface area (Å²) in [7, 11) is 0. The van der Waals surface area contributed by atoms with Gasteiger partial charge in [-0.2, -0.15) is 0 Å². The Hall–Kier alpha value is -1.91. The van der Waals surface area contributed by atoms with Gasteiger partial charge in [-0.3, -0.25) is 9.59 Å². The smallest absolute Gasteiger partial charge is 0.223 e. The largest absolute Gasteiger partial charge is 0.356 e. The van der Waals surface area contributed by atoms with Crippen LogP contribution in [0.2, 0.25) is 0 Å². The predicted octanol–water partition coefficient (Wildman–Crippen LogP) is 2.48. The molecule has 1 aromatic carbocycles. The van der Waals surface area contributed by atoms with Crippen molar-refractivity contribution < 1.29 is 14.0 Å². The standard InChI is InChI=1S/C18H23FN2O2/c19-16-7-5-13(6-8-16)11-21-12-14(9-17(21)22)10-20-18(23)15-3-1-2-4-15/h5-8,14-15H,1-4,9-12H2,(H,20,23). The number of carbonyl (C=O) groups excluding carboxylic acids is 2. The van der Waals surface area contributed by atoms with Gasteiger partial charge in [0.05, 0.1) is 0 Å². The highest BCUT2D eigenvalue weighted by atomic mass is 19.1. The van der Waals surface area contributed by atoms with Crippen molar-refractivity contribution in [3.05, 3.63) is 35.6 Å². The van der Waals surface area contributed by atoms with Crippen molar-refractivity contribution >= 4 is 11.8 Å². The van der Waals surface area contributed by atoms with Gasteiger partial charge in [-0.1, -0.05) is 25.0 Å². The molecule has 2 fully saturated rings. The topological polar surface area (TPSA) is 49.4 Å². The number of halogens is 1. The third-order valence-corrected chi connectivity index (χ3v) is 4.87. The minimum absolute atomic E-state index is 0.106. The fraction of sp³-hybridized carbons (Fsp3) is 0.556. The van der Waals surface area contributed by atoms with Gasteiger partial charge >= 0.3 is 0 Å². The lowest BCUT2D eigenvalue weighted by Crippen LogP contribution is -2.34. The first-order valence-corrected chi connectivity index (χ1v) is 8.42. The molecule has 1 aliphatic heterocycles. The molecular weight excluding hydrogens is 295 g/mol. The zero-order valence-electron chi connectivity index (χ0n) is 13.3. The predicted molar refractivity (Wildman–Crippen MR) is 84.9 cm³/mol. The average Bonchev–Trinajstić information content (AvgIpc) is 3.18. The number of benzene rings is 1. The van der Waals surface area contributed by atoms with Crippen molar-refractivity contribution in [1.29, 1.82) is 0 Å². The van der Waals surface area contributed by atoms with Crippen LogP contribution < -0.4 is 5.32 Å². The van der Waals surface area contributed by atoms with Gasteiger partial charge in [0.15, 0.2) is 0 Å². The maximum atomic E-state index is 12.9. The summed E-state index contributed by atoms with van der Waals surface area (Å²) in [4.78, 5) is 25.9. The third kappa shape index (κ3) is 4.09. The number of hydrogen-bond acceptors (Lipinski definition) is 2. The van der Waals surface area contributed by atoms with E-state index in [0.29, 0.717) is 26.1 Å². The molecule has 1 saturated carbocycles. The first-order chi connectivity index (χ1) is 11.1. The van der Waals surface area contributed by atoms with Crippen LogP contribution in [0.4, 0.5) is 4.39 Å². The molecule has 1 heterocycles. The van der Waals surface area contributed by atoms with E-state index < -0.39 is 0 Å². The van der Waals surface area contributed by atoms with Crippen LogP contribution in [0, 0.1) is 17.7 Å². The van der Waals surface area contributed by atoms with Gasteiger partial charge in [-0.05, 0) is 30.5 Å². The van der Waals surface area contributed by atoms with Crippen LogP contribution in [-0.2, 0) is 16.1 Å². The van der Waals surface area contributed by atoms with Crippen LogP contribution in [0.3, 0.4) is 0 Å². The number of likely N-dealkylation sites (tertiary alicyclic amines) is 1. The maximum absolute atomic E-state index is 12.9. The van der Waals surface area contributed by atoms with E-state index in [1.807, 2.05) is 0 Å². The zero-order chi connectivity index (χ0) is 16.2. The Balaban J connectivity index is 1.47. The first kappa shape index (κ1) is 16.0. The quantitative estimate of drug-likeness (QED) is 0.907. The average molecular weight is 318 g/mol. The number of amides is 2. The second-order valence-corrected chi connectivity index (χ2v) is 6.70. The normalized spacial score (nSPS) is 21.9. The minimum atomic E-state index is -0.269. The lowest BCUT2D eigenvalue weighted by Gasteiger charge is -2.17. The fourth-order valence-corrected chi connectivity index (χ4v) is 3.53. The zero-order valence-corrected chi connectivity index (χ0v) is 13.3. The molecule has 0 aromatic heterocycles. The van der Waals surface area contributed by atoms with E-state index in [1.165, 1.54) is 12.1 Å². The van der Waals surface area contributed by atoms with Gasteiger partial charge in [0.1, 0.15) is 5.82 Å². The van der Waals surface area contributed by atoms with Crippen LogP contribution in [0.1, 0.15) is 37.7 Å². The maximum Gasteiger partial charge on any atom is 0.223 e. The molecule has 1 atom stereocenters. The second-order valence-electron chi connectivity index (χ2n) is 6.70. The van der Waals surface area contributed by atoms with Crippen LogP contribution in [0.25, 0.3) is 0 Å². The van der Waals surface area contributed by atoms with E-state index in [0.717, 1.165) is 31.2 Å². The molecule has 0 radical (unpaired) electrons. The monoisotopic (exact) mass is 318 g/mol. The third-order valence-electron chi connectivity index (χ3n) is 4.87. The summed E-state index contributed by atoms with van der Waals surface area (Å²) in [5.41, 5.74) is 0.926. The Bertz CT molecular complexity index is 567. The summed E-state index contributed by atoms with van der Waals surface area (Å²) in [6, 6.07) is 6.24. The summed E-state index contributed by atoms with van der Waals surface area (Å²) >= 11 is 0. The number of nitrogens with one attached hydrogen (secondary N) is 1. The Kier molecular flexibility index (Phi) is 4.94. The highest BCUT2D eigenvalue weighted by Gasteiger charge is 2.30. The molecule has 4 nitrogen and oxygen atoms in total. The molecule has 124 valence electrons. The summed E-state index contributed by atoms with van der Waals surface area (Å²) in [5.74, 6) is 0.325. The van der Waals surface area contributed by atoms with Gasteiger partial charge < -0.3 is 10.2 Å². The highest BCUT2D eigenvalue weighted by molar-refractivity contribution is 5.80. The van der Waals surface area contributed by atoms with Crippen molar-refractivity contribution in [3.63, 3.8) is 0 Å². The number of nitrogens with zero attached hydrogens (tertiary/aromatic N) is 1. The Morgan fingerprint density at radius 1 is 1.22 bits per heavy atom. The van der Waals surface area contributed by atoms with Gasteiger partial charge in [-0.15, -0.1) is 0 Å². The molecule has 1 unspecified atom stereocenters. The molecule has 2 amide bonds. The summed E-state index contributed by atoms with van der Waals surface area (Å²) in [6.45, 7) is 1.73. The van der Waals surface area contributed by atoms with Crippen LogP contribution >= 0.6 is 0 Å². The molecule has 2 aliphatic rings. The number of rotatable bonds is 5. The van der Waals surface area contributed by atoms with Crippen LogP contribution in [0.5, 0.6) is 0 Å². The fourth-order valence-electron chi connectivity index (χ4n) is 3.53. The van der Waals surface area contributed by atoms with E-state index in [2.05, 4.69) is 5.32 Å². The van der Waals surface area contributed by atoms with Gasteiger partial charge in [-0.25, -0.2) is 4.39 Å². The molecule has 1 aromatic rings. The van der Waals surface area contributed by atoms with E-state index >= 15 is 0 Å². The van der Waals surface area contributed by atoms with E-state index in [4.69, 9.17) is 0 Å². The molecule has 1 saturated heterocycles. The molecule has 0 spiro atoms. The molecule has 1 aliphatic carbocycles. The number of hydrogen-bond donors (Lipinski definition) is 1. The second kappa shape index (κ2) is 7.11. The van der Waals surface area contributed by atoms with Gasteiger partial charge in [0.2, 0.25) is 11.8 Å². The molecule has 5 heteroatoms. The lowest BCUT2D eigenvalue weighted by molar-refractivity contribution is -0.128. The van der Waals surface area contributed by atoms with E-state index in [-0.39, 0.29) is 29.5 Å². The van der Waals surface area contributed by atoms with Crippen molar-refractivity contribution in [2.45, 2.75) is 38.6 Å². The SMILES string of the molecule is O=C(NCC1CC(=O)N(Cc2ccc(F)cc2)C1)C1CCCC1. The molecule has 3 rings (SSSR count). The Morgan fingerprint density at radius 3 is 2.61 bits per heavy atom. The van der Waals surface area contributed by atoms with Gasteiger partial charge in [0.25, 0.3) is 0 Å². The Labute approximate surface area is 136 Å². The first-order valence-electron chi connectivity index (χ1n) is 8.42.